The van der Waals surface area contributed by atoms with Gasteiger partial charge in [-0.25, -0.2) is 0 Å². The first-order valence-corrected chi connectivity index (χ1v) is 7.10. The fourth-order valence-electron chi connectivity index (χ4n) is 1.99. The average molecular weight is 277 g/mol. The maximum Gasteiger partial charge on any atom is 0.123 e. The summed E-state index contributed by atoms with van der Waals surface area (Å²) < 4.78 is 10.8. The Morgan fingerprint density at radius 2 is 2.00 bits per heavy atom. The van der Waals surface area contributed by atoms with Crippen LogP contribution in [0.1, 0.15) is 23.5 Å². The second kappa shape index (κ2) is 6.17. The van der Waals surface area contributed by atoms with Crippen LogP contribution in [0.2, 0.25) is 0 Å². The Bertz CT molecular complexity index is 536. The lowest BCUT2D eigenvalue weighted by atomic mass is 10.1. The number of hydrogen-bond donors (Lipinski definition) is 1. The van der Waals surface area contributed by atoms with E-state index in [1.165, 1.54) is 0 Å². The Balaban J connectivity index is 2.33. The number of aryl methyl sites for hydroxylation is 1. The molecular weight excluding hydrogens is 258 g/mol. The minimum Gasteiger partial charge on any atom is -0.496 e. The third-order valence-electron chi connectivity index (χ3n) is 2.99. The molecule has 2 aromatic rings. The van der Waals surface area contributed by atoms with Gasteiger partial charge in [0.1, 0.15) is 11.5 Å². The first-order valence-electron chi connectivity index (χ1n) is 6.22. The highest BCUT2D eigenvalue weighted by Gasteiger charge is 2.22. The van der Waals surface area contributed by atoms with Crippen molar-refractivity contribution in [2.24, 2.45) is 5.73 Å². The van der Waals surface area contributed by atoms with E-state index in [-0.39, 0.29) is 11.3 Å². The molecule has 0 aliphatic rings. The Labute approximate surface area is 118 Å². The molecule has 0 saturated carbocycles. The van der Waals surface area contributed by atoms with Crippen LogP contribution in [0, 0.1) is 6.92 Å². The van der Waals surface area contributed by atoms with Gasteiger partial charge in [-0.2, -0.15) is 0 Å². The van der Waals surface area contributed by atoms with E-state index >= 15 is 0 Å². The van der Waals surface area contributed by atoms with E-state index in [1.54, 1.807) is 25.1 Å². The summed E-state index contributed by atoms with van der Waals surface area (Å²) in [6.45, 7) is 3.97. The molecule has 2 unspecified atom stereocenters. The van der Waals surface area contributed by atoms with Gasteiger partial charge < -0.3 is 14.9 Å². The Morgan fingerprint density at radius 1 is 1.26 bits per heavy atom. The molecule has 19 heavy (non-hydrogen) atoms. The summed E-state index contributed by atoms with van der Waals surface area (Å²) in [5.74, 6) is 1.80. The fraction of sp³-hybridized carbons (Fsp3) is 0.333. The zero-order valence-corrected chi connectivity index (χ0v) is 12.2. The highest BCUT2D eigenvalue weighted by Crippen LogP contribution is 2.42. The molecule has 1 aromatic heterocycles. The van der Waals surface area contributed by atoms with E-state index < -0.39 is 0 Å². The van der Waals surface area contributed by atoms with Crippen LogP contribution in [0.3, 0.4) is 0 Å². The maximum absolute atomic E-state index is 6.15. The monoisotopic (exact) mass is 277 g/mol. The summed E-state index contributed by atoms with van der Waals surface area (Å²) in [5.41, 5.74) is 7.27. The summed E-state index contributed by atoms with van der Waals surface area (Å²) in [4.78, 5) is 1.12. The van der Waals surface area contributed by atoms with Gasteiger partial charge in [-0.15, -0.1) is 11.8 Å². The van der Waals surface area contributed by atoms with Gasteiger partial charge in [0.25, 0.3) is 0 Å². The number of rotatable bonds is 5. The number of thioether (sulfide) groups is 1. The van der Waals surface area contributed by atoms with Crippen LogP contribution in [-0.4, -0.2) is 13.2 Å². The van der Waals surface area contributed by atoms with Gasteiger partial charge in [0.2, 0.25) is 0 Å². The molecule has 4 heteroatoms. The van der Waals surface area contributed by atoms with Crippen molar-refractivity contribution in [3.05, 3.63) is 47.9 Å². The quantitative estimate of drug-likeness (QED) is 0.845. The second-order valence-electron chi connectivity index (χ2n) is 4.48. The number of ether oxygens (including phenoxy) is 1. The summed E-state index contributed by atoms with van der Waals surface area (Å²) in [7, 11) is 1.69. The van der Waals surface area contributed by atoms with Crippen molar-refractivity contribution in [1.29, 1.82) is 0 Å². The van der Waals surface area contributed by atoms with Crippen molar-refractivity contribution in [2.75, 3.05) is 7.11 Å². The molecule has 1 heterocycles. The van der Waals surface area contributed by atoms with Crippen molar-refractivity contribution in [2.45, 2.75) is 30.0 Å². The summed E-state index contributed by atoms with van der Waals surface area (Å²) in [6, 6.07) is 9.99. The van der Waals surface area contributed by atoms with E-state index in [0.717, 1.165) is 22.0 Å². The molecule has 0 spiro atoms. The second-order valence-corrected chi connectivity index (χ2v) is 5.66. The zero-order chi connectivity index (χ0) is 13.8. The molecule has 0 bridgehead atoms. The van der Waals surface area contributed by atoms with E-state index in [4.69, 9.17) is 14.9 Å². The fourth-order valence-corrected chi connectivity index (χ4v) is 3.15. The van der Waals surface area contributed by atoms with Crippen LogP contribution < -0.4 is 10.5 Å². The van der Waals surface area contributed by atoms with Gasteiger partial charge in [0, 0.05) is 16.5 Å². The SMILES string of the molecule is COc1ccccc1C(Sc1ccoc1C)C(C)N. The van der Waals surface area contributed by atoms with E-state index in [0.29, 0.717) is 0 Å². The molecule has 0 radical (unpaired) electrons. The largest absolute Gasteiger partial charge is 0.496 e. The van der Waals surface area contributed by atoms with E-state index in [9.17, 15) is 0 Å². The molecule has 0 fully saturated rings. The maximum atomic E-state index is 6.15. The van der Waals surface area contributed by atoms with Gasteiger partial charge in [0.05, 0.1) is 18.6 Å². The molecule has 102 valence electrons. The predicted molar refractivity (Wildman–Crippen MR) is 78.7 cm³/mol. The Morgan fingerprint density at radius 3 is 2.58 bits per heavy atom. The van der Waals surface area contributed by atoms with Crippen LogP contribution in [-0.2, 0) is 0 Å². The number of methoxy groups -OCH3 is 1. The first-order chi connectivity index (χ1) is 9.13. The third kappa shape index (κ3) is 3.14. The molecule has 3 nitrogen and oxygen atoms in total. The molecule has 2 rings (SSSR count). The highest BCUT2D eigenvalue weighted by molar-refractivity contribution is 7.99. The van der Waals surface area contributed by atoms with Crippen molar-refractivity contribution in [3.8, 4) is 5.75 Å². The Kier molecular flexibility index (Phi) is 4.56. The predicted octanol–water partition coefficient (Wildman–Crippen LogP) is 3.78. The van der Waals surface area contributed by atoms with Gasteiger partial charge in [0.15, 0.2) is 0 Å². The normalized spacial score (nSPS) is 14.1. The number of hydrogen-bond acceptors (Lipinski definition) is 4. The Hall–Kier alpha value is -1.39. The van der Waals surface area contributed by atoms with Gasteiger partial charge >= 0.3 is 0 Å². The lowest BCUT2D eigenvalue weighted by molar-refractivity contribution is 0.408. The van der Waals surface area contributed by atoms with Crippen LogP contribution in [0.4, 0.5) is 0 Å². The van der Waals surface area contributed by atoms with E-state index in [2.05, 4.69) is 6.07 Å². The number of para-hydroxylation sites is 1. The van der Waals surface area contributed by atoms with Crippen LogP contribution in [0.25, 0.3) is 0 Å². The number of nitrogens with two attached hydrogens (primary N) is 1. The number of furan rings is 1. The molecule has 0 saturated heterocycles. The molecule has 0 amide bonds. The van der Waals surface area contributed by atoms with Crippen LogP contribution >= 0.6 is 11.8 Å². The molecule has 1 aromatic carbocycles. The molecule has 2 atom stereocenters. The van der Waals surface area contributed by atoms with Crippen LogP contribution in [0.15, 0.2) is 45.9 Å². The minimum atomic E-state index is 0.00981. The standard InChI is InChI=1S/C15H19NO2S/c1-10(16)15(19-14-8-9-18-11(14)2)12-6-4-5-7-13(12)17-3/h4-10,15H,16H2,1-3H3. The topological polar surface area (TPSA) is 48.4 Å². The van der Waals surface area contributed by atoms with Crippen molar-refractivity contribution in [1.82, 2.24) is 0 Å². The van der Waals surface area contributed by atoms with E-state index in [1.807, 2.05) is 38.1 Å². The van der Waals surface area contributed by atoms with Crippen LogP contribution in [0.5, 0.6) is 5.75 Å². The molecular formula is C15H19NO2S. The van der Waals surface area contributed by atoms with Gasteiger partial charge in [-0.3, -0.25) is 0 Å². The summed E-state index contributed by atoms with van der Waals surface area (Å²) >= 11 is 1.71. The van der Waals surface area contributed by atoms with Crippen molar-refractivity contribution in [3.63, 3.8) is 0 Å². The first kappa shape index (κ1) is 14.0. The minimum absolute atomic E-state index is 0.00981. The smallest absolute Gasteiger partial charge is 0.123 e. The van der Waals surface area contributed by atoms with Crippen molar-refractivity contribution >= 4 is 11.8 Å². The number of benzene rings is 1. The summed E-state index contributed by atoms with van der Waals surface area (Å²) in [5, 5.41) is 0.132. The molecule has 0 aliphatic heterocycles. The van der Waals surface area contributed by atoms with Crippen molar-refractivity contribution < 1.29 is 9.15 Å². The molecule has 0 aliphatic carbocycles. The molecule has 2 N–H and O–H groups in total. The lowest BCUT2D eigenvalue weighted by Crippen LogP contribution is -2.23. The highest BCUT2D eigenvalue weighted by atomic mass is 32.2. The van der Waals surface area contributed by atoms with Gasteiger partial charge in [-0.1, -0.05) is 18.2 Å². The average Bonchev–Trinajstić information content (AvgIpc) is 2.81. The third-order valence-corrected chi connectivity index (χ3v) is 4.60. The van der Waals surface area contributed by atoms with Gasteiger partial charge in [-0.05, 0) is 26.0 Å². The zero-order valence-electron chi connectivity index (χ0n) is 11.4. The lowest BCUT2D eigenvalue weighted by Gasteiger charge is -2.22. The summed E-state index contributed by atoms with van der Waals surface area (Å²) in [6.07, 6.45) is 1.71.